The molecular formula is C52H39NOS. The first-order chi connectivity index (χ1) is 27.3. The quantitative estimate of drug-likeness (QED) is 0.170. The number of hydrogen-bond donors (Lipinski definition) is 0. The fourth-order valence-electron chi connectivity index (χ4n) is 9.36. The summed E-state index contributed by atoms with van der Waals surface area (Å²) in [5.74, 6) is 0.583. The molecule has 2 nitrogen and oxygen atoms in total. The third-order valence-electron chi connectivity index (χ3n) is 11.9. The molecule has 0 aliphatic heterocycles. The van der Waals surface area contributed by atoms with Crippen LogP contribution in [0, 0.1) is 0 Å². The molecule has 0 spiro atoms. The van der Waals surface area contributed by atoms with Crippen molar-refractivity contribution in [2.75, 3.05) is 4.90 Å². The minimum absolute atomic E-state index is 0.583. The highest BCUT2D eigenvalue weighted by Crippen LogP contribution is 2.50. The van der Waals surface area contributed by atoms with Gasteiger partial charge in [0, 0.05) is 59.4 Å². The SMILES string of the molecule is c1ccc(N(c2ccc3c(c2)oc2ccccc23)c2ccccc2-c2cccc3cccc(C4CCCCC4)c23)c(-c2cccc3c2sc2ccccc23)c1. The summed E-state index contributed by atoms with van der Waals surface area (Å²) in [7, 11) is 0. The van der Waals surface area contributed by atoms with E-state index in [-0.39, 0.29) is 0 Å². The van der Waals surface area contributed by atoms with Crippen molar-refractivity contribution >= 4 is 81.3 Å². The highest BCUT2D eigenvalue weighted by Gasteiger charge is 2.25. The molecule has 0 bridgehead atoms. The summed E-state index contributed by atoms with van der Waals surface area (Å²) in [5.41, 5.74) is 11.6. The number of nitrogens with zero attached hydrogens (tertiary/aromatic N) is 1. The van der Waals surface area contributed by atoms with Crippen molar-refractivity contribution in [1.29, 1.82) is 0 Å². The molecular weight excluding hydrogens is 687 g/mol. The van der Waals surface area contributed by atoms with Crippen LogP contribution in [0.15, 0.2) is 174 Å². The molecule has 10 aromatic rings. The van der Waals surface area contributed by atoms with Crippen LogP contribution in [0.25, 0.3) is 75.1 Å². The number of rotatable bonds is 6. The summed E-state index contributed by atoms with van der Waals surface area (Å²) in [6.45, 7) is 0. The van der Waals surface area contributed by atoms with Crippen LogP contribution in [-0.2, 0) is 0 Å². The van der Waals surface area contributed by atoms with Gasteiger partial charge < -0.3 is 9.32 Å². The van der Waals surface area contributed by atoms with Gasteiger partial charge in [0.15, 0.2) is 0 Å². The summed E-state index contributed by atoms with van der Waals surface area (Å²) >= 11 is 1.88. The zero-order valence-electron chi connectivity index (χ0n) is 30.5. The van der Waals surface area contributed by atoms with Gasteiger partial charge in [-0.3, -0.25) is 0 Å². The van der Waals surface area contributed by atoms with E-state index in [4.69, 9.17) is 4.42 Å². The normalized spacial score (nSPS) is 13.7. The number of anilines is 3. The number of hydrogen-bond acceptors (Lipinski definition) is 3. The number of thiophene rings is 1. The lowest BCUT2D eigenvalue weighted by molar-refractivity contribution is 0.445. The Kier molecular flexibility index (Phi) is 7.81. The second kappa shape index (κ2) is 13.3. The maximum atomic E-state index is 6.55. The fourth-order valence-corrected chi connectivity index (χ4v) is 10.6. The van der Waals surface area contributed by atoms with Gasteiger partial charge in [0.2, 0.25) is 0 Å². The minimum atomic E-state index is 0.583. The van der Waals surface area contributed by atoms with Crippen LogP contribution in [0.2, 0.25) is 0 Å². The molecule has 1 aliphatic rings. The molecule has 0 amide bonds. The predicted octanol–water partition coefficient (Wildman–Crippen LogP) is 16.0. The second-order valence-corrected chi connectivity index (χ2v) is 16.1. The molecule has 1 saturated carbocycles. The topological polar surface area (TPSA) is 16.4 Å². The van der Waals surface area contributed by atoms with E-state index in [1.165, 1.54) is 90.9 Å². The fraction of sp³-hybridized carbons (Fsp3) is 0.115. The van der Waals surface area contributed by atoms with Crippen LogP contribution < -0.4 is 4.90 Å². The standard InChI is InChI=1S/C52H39NOS/c1-2-15-34(16-3-1)37-23-12-17-35-18-13-24-43(51(35)37)38-19-4-8-27-46(38)53(36-31-32-41-40-21-6-10-29-48(40)54-49(41)33-36)47-28-9-5-20-39(47)44-25-14-26-45-42-22-7-11-30-50(42)55-52(44)45/h4-14,17-34H,1-3,15-16H2. The number of fused-ring (bicyclic) bond motifs is 7. The molecule has 0 radical (unpaired) electrons. The van der Waals surface area contributed by atoms with E-state index >= 15 is 0 Å². The van der Waals surface area contributed by atoms with Crippen molar-refractivity contribution < 1.29 is 4.42 Å². The van der Waals surface area contributed by atoms with E-state index in [9.17, 15) is 0 Å². The first kappa shape index (κ1) is 32.3. The lowest BCUT2D eigenvalue weighted by Gasteiger charge is -2.30. The number of benzene rings is 8. The van der Waals surface area contributed by atoms with Gasteiger partial charge in [-0.25, -0.2) is 0 Å². The van der Waals surface area contributed by atoms with Crippen molar-refractivity contribution in [3.05, 3.63) is 175 Å². The molecule has 0 N–H and O–H groups in total. The second-order valence-electron chi connectivity index (χ2n) is 15.0. The lowest BCUT2D eigenvalue weighted by Crippen LogP contribution is -2.12. The van der Waals surface area contributed by atoms with Gasteiger partial charge in [0.25, 0.3) is 0 Å². The molecule has 264 valence electrons. The molecule has 1 fully saturated rings. The van der Waals surface area contributed by atoms with Crippen LogP contribution in [0.1, 0.15) is 43.6 Å². The van der Waals surface area contributed by atoms with Gasteiger partial charge in [-0.05, 0) is 77.1 Å². The van der Waals surface area contributed by atoms with E-state index in [0.29, 0.717) is 5.92 Å². The molecule has 11 rings (SSSR count). The maximum absolute atomic E-state index is 6.55. The Morgan fingerprint density at radius 3 is 1.93 bits per heavy atom. The van der Waals surface area contributed by atoms with Crippen molar-refractivity contribution in [3.63, 3.8) is 0 Å². The van der Waals surface area contributed by atoms with Gasteiger partial charge in [0.05, 0.1) is 11.4 Å². The Labute approximate surface area is 324 Å². The zero-order valence-corrected chi connectivity index (χ0v) is 31.4. The molecule has 3 heteroatoms. The zero-order chi connectivity index (χ0) is 36.3. The average molecular weight is 726 g/mol. The van der Waals surface area contributed by atoms with E-state index in [0.717, 1.165) is 39.0 Å². The van der Waals surface area contributed by atoms with Crippen LogP contribution in [0.4, 0.5) is 17.1 Å². The first-order valence-corrected chi connectivity index (χ1v) is 20.4. The van der Waals surface area contributed by atoms with Crippen LogP contribution >= 0.6 is 11.3 Å². The summed E-state index contributed by atoms with van der Waals surface area (Å²) < 4.78 is 9.17. The summed E-state index contributed by atoms with van der Waals surface area (Å²) in [6.07, 6.45) is 6.48. The third-order valence-corrected chi connectivity index (χ3v) is 13.1. The molecule has 2 aromatic heterocycles. The summed E-state index contributed by atoms with van der Waals surface area (Å²) in [4.78, 5) is 2.48. The van der Waals surface area contributed by atoms with Gasteiger partial charge in [-0.1, -0.05) is 147 Å². The first-order valence-electron chi connectivity index (χ1n) is 19.6. The smallest absolute Gasteiger partial charge is 0.137 e. The van der Waals surface area contributed by atoms with Crippen molar-refractivity contribution in [2.24, 2.45) is 0 Å². The van der Waals surface area contributed by atoms with Gasteiger partial charge in [0.1, 0.15) is 11.2 Å². The van der Waals surface area contributed by atoms with Crippen molar-refractivity contribution in [3.8, 4) is 22.3 Å². The number of furan rings is 1. The minimum Gasteiger partial charge on any atom is -0.456 e. The average Bonchev–Trinajstić information content (AvgIpc) is 3.82. The highest BCUT2D eigenvalue weighted by atomic mass is 32.1. The monoisotopic (exact) mass is 725 g/mol. The molecule has 2 heterocycles. The van der Waals surface area contributed by atoms with E-state index in [2.05, 4.69) is 169 Å². The maximum Gasteiger partial charge on any atom is 0.137 e. The third kappa shape index (κ3) is 5.37. The highest BCUT2D eigenvalue weighted by molar-refractivity contribution is 7.26. The molecule has 8 aromatic carbocycles. The Balaban J connectivity index is 1.18. The molecule has 1 aliphatic carbocycles. The molecule has 0 saturated heterocycles. The Hall–Kier alpha value is -6.16. The van der Waals surface area contributed by atoms with Crippen LogP contribution in [0.3, 0.4) is 0 Å². The van der Waals surface area contributed by atoms with Crippen molar-refractivity contribution in [1.82, 2.24) is 0 Å². The Bertz CT molecular complexity index is 3050. The van der Waals surface area contributed by atoms with Gasteiger partial charge in [-0.15, -0.1) is 11.3 Å². The number of para-hydroxylation sites is 3. The molecule has 0 unspecified atom stereocenters. The van der Waals surface area contributed by atoms with Gasteiger partial charge in [-0.2, -0.15) is 0 Å². The summed E-state index contributed by atoms with van der Waals surface area (Å²) in [5, 5.41) is 7.57. The predicted molar refractivity (Wildman–Crippen MR) is 235 cm³/mol. The van der Waals surface area contributed by atoms with Crippen molar-refractivity contribution in [2.45, 2.75) is 38.0 Å². The molecule has 55 heavy (non-hydrogen) atoms. The Morgan fingerprint density at radius 2 is 1.09 bits per heavy atom. The van der Waals surface area contributed by atoms with E-state index < -0.39 is 0 Å². The lowest BCUT2D eigenvalue weighted by atomic mass is 9.80. The van der Waals surface area contributed by atoms with Crippen LogP contribution in [-0.4, -0.2) is 0 Å². The van der Waals surface area contributed by atoms with Gasteiger partial charge >= 0.3 is 0 Å². The largest absolute Gasteiger partial charge is 0.456 e. The van der Waals surface area contributed by atoms with Crippen LogP contribution in [0.5, 0.6) is 0 Å². The van der Waals surface area contributed by atoms with E-state index in [1.807, 2.05) is 17.4 Å². The Morgan fingerprint density at radius 1 is 0.473 bits per heavy atom. The molecule has 0 atom stereocenters. The summed E-state index contributed by atoms with van der Waals surface area (Å²) in [6, 6.07) is 62.5. The van der Waals surface area contributed by atoms with E-state index in [1.54, 1.807) is 0 Å².